The maximum Gasteiger partial charge on any atom is 0.274 e. The number of carbonyl (C=O) groups excluding carboxylic acids is 4. The lowest BCUT2D eigenvalue weighted by Gasteiger charge is -2.26. The number of benzene rings is 2. The van der Waals surface area contributed by atoms with Crippen molar-refractivity contribution in [3.8, 4) is 0 Å². The number of Topliss-reactive ketones (excluding diaryl/α,β-unsaturated/α-hetero) is 1. The third-order valence-electron chi connectivity index (χ3n) is 8.82. The Labute approximate surface area is 287 Å². The highest BCUT2D eigenvalue weighted by molar-refractivity contribution is 5.99. The Balaban J connectivity index is 1.32. The fourth-order valence-electron chi connectivity index (χ4n) is 5.86. The topological polar surface area (TPSA) is 155 Å². The molecule has 1 unspecified atom stereocenters. The standard InChI is InChI=1S/C37H47N5O7/c1-25(2)20-30(33(43)37(3)24-48-37)39-35(45)31(21-27-12-8-5-9-13-27)40-34(44)29(15-14-26-10-6-4-7-11-26)38-36(46)32-22-28(49-41-32)23-42-16-18-47-19-17-42/h4-13,22,25,29-31H,14-21,23-24H2,1-3H3,(H,38,46)(H,39,45)(H,40,44)/t29-,30?,31-,37+/m0/s1. The van der Waals surface area contributed by atoms with Crippen molar-refractivity contribution in [1.82, 2.24) is 26.0 Å². The summed E-state index contributed by atoms with van der Waals surface area (Å²) in [5.74, 6) is -1.10. The minimum atomic E-state index is -1.02. The highest BCUT2D eigenvalue weighted by atomic mass is 16.6. The Hall–Kier alpha value is -4.39. The van der Waals surface area contributed by atoms with Crippen LogP contribution in [-0.4, -0.2) is 90.2 Å². The van der Waals surface area contributed by atoms with Gasteiger partial charge < -0.3 is 29.9 Å². The Morgan fingerprint density at radius 3 is 2.10 bits per heavy atom. The molecular formula is C37H47N5O7. The first-order valence-electron chi connectivity index (χ1n) is 17.0. The zero-order valence-corrected chi connectivity index (χ0v) is 28.5. The van der Waals surface area contributed by atoms with Crippen LogP contribution in [0.1, 0.15) is 61.0 Å². The molecule has 0 aliphatic carbocycles. The van der Waals surface area contributed by atoms with Crippen LogP contribution in [0.5, 0.6) is 0 Å². The molecule has 0 saturated carbocycles. The summed E-state index contributed by atoms with van der Waals surface area (Å²) in [5.41, 5.74) is 0.965. The Bertz CT molecular complexity index is 1550. The molecule has 3 amide bonds. The molecular weight excluding hydrogens is 626 g/mol. The van der Waals surface area contributed by atoms with E-state index in [1.807, 2.05) is 74.5 Å². The molecule has 0 spiro atoms. The first-order chi connectivity index (χ1) is 23.6. The van der Waals surface area contributed by atoms with E-state index in [0.717, 1.165) is 24.2 Å². The van der Waals surface area contributed by atoms with Gasteiger partial charge in [-0.05, 0) is 43.2 Å². The second-order valence-electron chi connectivity index (χ2n) is 13.4. The van der Waals surface area contributed by atoms with E-state index in [0.29, 0.717) is 45.0 Å². The van der Waals surface area contributed by atoms with Gasteiger partial charge in [0.25, 0.3) is 5.91 Å². The second kappa shape index (κ2) is 16.8. The van der Waals surface area contributed by atoms with Gasteiger partial charge in [0.2, 0.25) is 11.8 Å². The van der Waals surface area contributed by atoms with Gasteiger partial charge in [-0.2, -0.15) is 0 Å². The maximum absolute atomic E-state index is 14.0. The minimum absolute atomic E-state index is 0.0604. The number of ether oxygens (including phenoxy) is 2. The average molecular weight is 674 g/mol. The van der Waals surface area contributed by atoms with Gasteiger partial charge in [-0.15, -0.1) is 0 Å². The quantitative estimate of drug-likeness (QED) is 0.184. The summed E-state index contributed by atoms with van der Waals surface area (Å²) in [5, 5.41) is 12.6. The fourth-order valence-corrected chi connectivity index (χ4v) is 5.86. The molecule has 2 aromatic carbocycles. The van der Waals surface area contributed by atoms with Gasteiger partial charge >= 0.3 is 0 Å². The Kier molecular flexibility index (Phi) is 12.3. The predicted molar refractivity (Wildman–Crippen MR) is 181 cm³/mol. The molecule has 262 valence electrons. The second-order valence-corrected chi connectivity index (χ2v) is 13.4. The molecule has 4 atom stereocenters. The highest BCUT2D eigenvalue weighted by Crippen LogP contribution is 2.29. The summed E-state index contributed by atoms with van der Waals surface area (Å²) in [6.07, 6.45) is 1.38. The van der Waals surface area contributed by atoms with E-state index in [-0.39, 0.29) is 30.2 Å². The number of amides is 3. The van der Waals surface area contributed by atoms with Crippen LogP contribution in [0.3, 0.4) is 0 Å². The molecule has 3 aromatic rings. The summed E-state index contributed by atoms with van der Waals surface area (Å²) in [6, 6.07) is 17.8. The smallest absolute Gasteiger partial charge is 0.274 e. The summed E-state index contributed by atoms with van der Waals surface area (Å²) in [4.78, 5) is 56.8. The van der Waals surface area contributed by atoms with Crippen molar-refractivity contribution in [2.75, 3.05) is 32.9 Å². The first kappa shape index (κ1) is 35.9. The van der Waals surface area contributed by atoms with Gasteiger partial charge in [0.1, 0.15) is 17.7 Å². The van der Waals surface area contributed by atoms with Crippen molar-refractivity contribution in [1.29, 1.82) is 0 Å². The number of carbonyl (C=O) groups is 4. The molecule has 12 nitrogen and oxygen atoms in total. The van der Waals surface area contributed by atoms with Gasteiger partial charge in [0, 0.05) is 25.6 Å². The number of rotatable bonds is 17. The number of hydrogen-bond donors (Lipinski definition) is 3. The molecule has 49 heavy (non-hydrogen) atoms. The normalized spacial score (nSPS) is 19.4. The van der Waals surface area contributed by atoms with E-state index in [4.69, 9.17) is 14.0 Å². The number of aryl methyl sites for hydroxylation is 1. The van der Waals surface area contributed by atoms with Gasteiger partial charge in [-0.1, -0.05) is 79.7 Å². The molecule has 1 aromatic heterocycles. The van der Waals surface area contributed by atoms with Gasteiger partial charge in [-0.3, -0.25) is 24.1 Å². The van der Waals surface area contributed by atoms with E-state index in [9.17, 15) is 19.2 Å². The molecule has 2 saturated heterocycles. The van der Waals surface area contributed by atoms with Gasteiger partial charge in [-0.25, -0.2) is 0 Å². The number of morpholine rings is 1. The SMILES string of the molecule is CC(C)CC(NC(=O)[C@H](Cc1ccccc1)NC(=O)[C@H](CCc1ccccc1)NC(=O)c1cc(CN2CCOCC2)on1)C(=O)[C@@]1(C)CO1. The van der Waals surface area contributed by atoms with E-state index in [2.05, 4.69) is 26.0 Å². The number of nitrogens with zero attached hydrogens (tertiary/aromatic N) is 2. The number of aromatic nitrogens is 1. The predicted octanol–water partition coefficient (Wildman–Crippen LogP) is 2.85. The number of nitrogens with one attached hydrogen (secondary N) is 3. The minimum Gasteiger partial charge on any atom is -0.379 e. The van der Waals surface area contributed by atoms with Gasteiger partial charge in [0.05, 0.1) is 32.4 Å². The molecule has 0 bridgehead atoms. The summed E-state index contributed by atoms with van der Waals surface area (Å²) >= 11 is 0. The van der Waals surface area contributed by atoms with Gasteiger partial charge in [0.15, 0.2) is 17.2 Å². The highest BCUT2D eigenvalue weighted by Gasteiger charge is 2.50. The third kappa shape index (κ3) is 10.5. The zero-order chi connectivity index (χ0) is 34.8. The molecule has 2 fully saturated rings. The maximum atomic E-state index is 14.0. The first-order valence-corrected chi connectivity index (χ1v) is 17.0. The summed E-state index contributed by atoms with van der Waals surface area (Å²) in [6.45, 7) is 9.24. The Morgan fingerprint density at radius 1 is 0.857 bits per heavy atom. The molecule has 0 radical (unpaired) electrons. The molecule has 2 aliphatic rings. The molecule has 5 rings (SSSR count). The van der Waals surface area contributed by atoms with Crippen molar-refractivity contribution in [2.24, 2.45) is 5.92 Å². The van der Waals surface area contributed by atoms with Crippen LogP contribution in [0.2, 0.25) is 0 Å². The number of ketones is 1. The average Bonchev–Trinajstić information content (AvgIpc) is 3.68. The number of epoxide rings is 1. The van der Waals surface area contributed by atoms with E-state index in [1.54, 1.807) is 13.0 Å². The van der Waals surface area contributed by atoms with Crippen LogP contribution in [-0.2, 0) is 43.2 Å². The van der Waals surface area contributed by atoms with Crippen molar-refractivity contribution in [3.63, 3.8) is 0 Å². The van der Waals surface area contributed by atoms with E-state index < -0.39 is 41.4 Å². The molecule has 12 heteroatoms. The van der Waals surface area contributed by atoms with Crippen molar-refractivity contribution >= 4 is 23.5 Å². The molecule has 3 N–H and O–H groups in total. The van der Waals surface area contributed by atoms with E-state index in [1.165, 1.54) is 0 Å². The largest absolute Gasteiger partial charge is 0.379 e. The molecule has 2 aliphatic heterocycles. The lowest BCUT2D eigenvalue weighted by atomic mass is 9.93. The summed E-state index contributed by atoms with van der Waals surface area (Å²) in [7, 11) is 0. The van der Waals surface area contributed by atoms with Crippen LogP contribution in [0.15, 0.2) is 71.3 Å². The zero-order valence-electron chi connectivity index (χ0n) is 28.5. The number of hydrogen-bond acceptors (Lipinski definition) is 9. The lowest BCUT2D eigenvalue weighted by molar-refractivity contribution is -0.133. The third-order valence-corrected chi connectivity index (χ3v) is 8.82. The monoisotopic (exact) mass is 673 g/mol. The van der Waals surface area contributed by atoms with Crippen LogP contribution >= 0.6 is 0 Å². The van der Waals surface area contributed by atoms with Crippen LogP contribution in [0.4, 0.5) is 0 Å². The molecule has 3 heterocycles. The lowest BCUT2D eigenvalue weighted by Crippen LogP contribution is -2.57. The van der Waals surface area contributed by atoms with Crippen molar-refractivity contribution < 1.29 is 33.2 Å². The Morgan fingerprint density at radius 2 is 1.47 bits per heavy atom. The van der Waals surface area contributed by atoms with Crippen LogP contribution < -0.4 is 16.0 Å². The fraction of sp³-hybridized carbons (Fsp3) is 0.486. The van der Waals surface area contributed by atoms with Crippen molar-refractivity contribution in [2.45, 2.75) is 76.7 Å². The van der Waals surface area contributed by atoms with E-state index >= 15 is 0 Å². The van der Waals surface area contributed by atoms with Crippen LogP contribution in [0, 0.1) is 5.92 Å². The van der Waals surface area contributed by atoms with Crippen molar-refractivity contribution in [3.05, 3.63) is 89.3 Å². The summed E-state index contributed by atoms with van der Waals surface area (Å²) < 4.78 is 16.3. The van der Waals surface area contributed by atoms with Crippen LogP contribution in [0.25, 0.3) is 0 Å².